The Bertz CT molecular complexity index is 432. The van der Waals surface area contributed by atoms with Crippen LogP contribution in [0.3, 0.4) is 0 Å². The number of benzene rings is 1. The summed E-state index contributed by atoms with van der Waals surface area (Å²) in [5.41, 5.74) is 2.58. The molecule has 0 saturated carbocycles. The molecule has 0 atom stereocenters. The lowest BCUT2D eigenvalue weighted by Crippen LogP contribution is -2.38. The number of hydrogen-bond acceptors (Lipinski definition) is 1. The van der Waals surface area contributed by atoms with Gasteiger partial charge in [-0.3, -0.25) is 4.99 Å². The van der Waals surface area contributed by atoms with Crippen molar-refractivity contribution < 1.29 is 0 Å². The number of aliphatic imine (C=N–C) groups is 1. The van der Waals surface area contributed by atoms with Gasteiger partial charge in [0.05, 0.1) is 0 Å². The van der Waals surface area contributed by atoms with E-state index in [9.17, 15) is 0 Å². The smallest absolute Gasteiger partial charge is 0.195 e. The molecule has 0 aromatic heterocycles. The van der Waals surface area contributed by atoms with Crippen molar-refractivity contribution in [3.8, 4) is 0 Å². The summed E-state index contributed by atoms with van der Waals surface area (Å²) in [7, 11) is 7.99. The quantitative estimate of drug-likeness (QED) is 0.450. The minimum absolute atomic E-state index is 1.03. The molecule has 0 aliphatic heterocycles. The van der Waals surface area contributed by atoms with Crippen LogP contribution >= 0.6 is 0 Å². The third-order valence-corrected chi connectivity index (χ3v) is 3.37. The summed E-state index contributed by atoms with van der Waals surface area (Å²) < 4.78 is 0. The molecule has 0 bridgehead atoms. The molecule has 0 saturated heterocycles. The molecule has 0 radical (unpaired) electrons. The Morgan fingerprint density at radius 3 is 2.30 bits per heavy atom. The summed E-state index contributed by atoms with van der Waals surface area (Å²) in [4.78, 5) is 8.56. The SMILES string of the molecule is C=Cc1ccc(CCCCN(C)C(=NC)N(C)C)cc1. The topological polar surface area (TPSA) is 18.8 Å². The van der Waals surface area contributed by atoms with E-state index >= 15 is 0 Å². The van der Waals surface area contributed by atoms with Gasteiger partial charge < -0.3 is 9.80 Å². The molecule has 1 aromatic rings. The molecule has 0 unspecified atom stereocenters. The molecule has 1 aromatic carbocycles. The third-order valence-electron chi connectivity index (χ3n) is 3.37. The van der Waals surface area contributed by atoms with Gasteiger partial charge in [0.25, 0.3) is 0 Å². The Balaban J connectivity index is 2.32. The van der Waals surface area contributed by atoms with Gasteiger partial charge in [0.15, 0.2) is 5.96 Å². The first-order valence-electron chi connectivity index (χ1n) is 7.15. The monoisotopic (exact) mass is 273 g/mol. The van der Waals surface area contributed by atoms with E-state index in [0.29, 0.717) is 0 Å². The van der Waals surface area contributed by atoms with Gasteiger partial charge in [-0.15, -0.1) is 0 Å². The summed E-state index contributed by atoms with van der Waals surface area (Å²) in [6.07, 6.45) is 5.38. The van der Waals surface area contributed by atoms with Gasteiger partial charge in [0.2, 0.25) is 0 Å². The Morgan fingerprint density at radius 2 is 1.80 bits per heavy atom. The summed E-state index contributed by atoms with van der Waals surface area (Å²) in [6.45, 7) is 4.81. The van der Waals surface area contributed by atoms with Crippen molar-refractivity contribution in [1.29, 1.82) is 0 Å². The summed E-state index contributed by atoms with van der Waals surface area (Å²) in [5.74, 6) is 1.03. The minimum Gasteiger partial charge on any atom is -0.349 e. The number of nitrogens with zero attached hydrogens (tertiary/aromatic N) is 3. The predicted octanol–water partition coefficient (Wildman–Crippen LogP) is 3.13. The van der Waals surface area contributed by atoms with Crippen LogP contribution in [0.2, 0.25) is 0 Å². The maximum absolute atomic E-state index is 4.30. The lowest BCUT2D eigenvalue weighted by Gasteiger charge is -2.26. The predicted molar refractivity (Wildman–Crippen MR) is 89.1 cm³/mol. The van der Waals surface area contributed by atoms with Gasteiger partial charge in [0.1, 0.15) is 0 Å². The minimum atomic E-state index is 1.03. The molecular formula is C17H27N3. The molecule has 0 fully saturated rings. The van der Waals surface area contributed by atoms with E-state index in [0.717, 1.165) is 18.9 Å². The van der Waals surface area contributed by atoms with Crippen LogP contribution in [0.1, 0.15) is 24.0 Å². The Labute approximate surface area is 123 Å². The molecule has 3 nitrogen and oxygen atoms in total. The molecule has 0 heterocycles. The van der Waals surface area contributed by atoms with Crippen LogP contribution in [0.4, 0.5) is 0 Å². The lowest BCUT2D eigenvalue weighted by molar-refractivity contribution is 0.411. The highest BCUT2D eigenvalue weighted by Crippen LogP contribution is 2.09. The van der Waals surface area contributed by atoms with Crippen LogP contribution in [0.15, 0.2) is 35.8 Å². The van der Waals surface area contributed by atoms with Crippen LogP contribution in [0, 0.1) is 0 Å². The van der Waals surface area contributed by atoms with Crippen molar-refractivity contribution in [2.75, 3.05) is 34.7 Å². The van der Waals surface area contributed by atoms with Crippen LogP contribution in [0.5, 0.6) is 0 Å². The molecule has 0 spiro atoms. The molecule has 20 heavy (non-hydrogen) atoms. The average molecular weight is 273 g/mol. The van der Waals surface area contributed by atoms with Crippen molar-refractivity contribution in [1.82, 2.24) is 9.80 Å². The fourth-order valence-corrected chi connectivity index (χ4v) is 2.31. The standard InChI is InChI=1S/C17H27N3/c1-6-15-10-12-16(13-11-15)9-7-8-14-20(5)17(18-2)19(3)4/h6,10-13H,1,7-9,14H2,2-5H3. The lowest BCUT2D eigenvalue weighted by atomic mass is 10.1. The highest BCUT2D eigenvalue weighted by atomic mass is 15.3. The fraction of sp³-hybridized carbons (Fsp3) is 0.471. The zero-order valence-corrected chi connectivity index (χ0v) is 13.3. The largest absolute Gasteiger partial charge is 0.349 e. The average Bonchev–Trinajstić information content (AvgIpc) is 2.44. The van der Waals surface area contributed by atoms with Crippen molar-refractivity contribution in [2.24, 2.45) is 4.99 Å². The van der Waals surface area contributed by atoms with Gasteiger partial charge in [0, 0.05) is 34.7 Å². The maximum atomic E-state index is 4.30. The van der Waals surface area contributed by atoms with E-state index in [2.05, 4.69) is 47.8 Å². The zero-order valence-electron chi connectivity index (χ0n) is 13.3. The number of aryl methyl sites for hydroxylation is 1. The Hall–Kier alpha value is -1.77. The number of unbranched alkanes of at least 4 members (excludes halogenated alkanes) is 1. The summed E-state index contributed by atoms with van der Waals surface area (Å²) in [6, 6.07) is 8.64. The van der Waals surface area contributed by atoms with Crippen LogP contribution < -0.4 is 0 Å². The molecule has 110 valence electrons. The number of guanidine groups is 1. The van der Waals surface area contributed by atoms with Gasteiger partial charge in [-0.25, -0.2) is 0 Å². The van der Waals surface area contributed by atoms with Crippen LogP contribution in [-0.4, -0.2) is 50.5 Å². The molecule has 0 N–H and O–H groups in total. The Morgan fingerprint density at radius 1 is 1.15 bits per heavy atom. The van der Waals surface area contributed by atoms with E-state index < -0.39 is 0 Å². The second-order valence-corrected chi connectivity index (χ2v) is 5.24. The molecule has 3 heteroatoms. The van der Waals surface area contributed by atoms with E-state index in [1.807, 2.05) is 32.1 Å². The first kappa shape index (κ1) is 16.3. The third kappa shape index (κ3) is 5.08. The van der Waals surface area contributed by atoms with Gasteiger partial charge in [-0.2, -0.15) is 0 Å². The van der Waals surface area contributed by atoms with E-state index in [1.165, 1.54) is 24.0 Å². The van der Waals surface area contributed by atoms with E-state index in [4.69, 9.17) is 0 Å². The molecule has 0 amide bonds. The van der Waals surface area contributed by atoms with Crippen molar-refractivity contribution in [3.05, 3.63) is 42.0 Å². The highest BCUT2D eigenvalue weighted by Gasteiger charge is 2.06. The van der Waals surface area contributed by atoms with E-state index in [-0.39, 0.29) is 0 Å². The summed E-state index contributed by atoms with van der Waals surface area (Å²) >= 11 is 0. The maximum Gasteiger partial charge on any atom is 0.195 e. The van der Waals surface area contributed by atoms with E-state index in [1.54, 1.807) is 0 Å². The van der Waals surface area contributed by atoms with Crippen molar-refractivity contribution >= 4 is 12.0 Å². The second kappa shape index (κ2) is 8.41. The van der Waals surface area contributed by atoms with Gasteiger partial charge in [-0.05, 0) is 30.4 Å². The van der Waals surface area contributed by atoms with Crippen molar-refractivity contribution in [3.63, 3.8) is 0 Å². The van der Waals surface area contributed by atoms with Crippen LogP contribution in [-0.2, 0) is 6.42 Å². The number of rotatable bonds is 6. The number of hydrogen-bond donors (Lipinski definition) is 0. The van der Waals surface area contributed by atoms with Gasteiger partial charge >= 0.3 is 0 Å². The first-order valence-corrected chi connectivity index (χ1v) is 7.15. The molecule has 0 aliphatic rings. The Kier molecular flexibility index (Phi) is 6.85. The normalized spacial score (nSPS) is 11.3. The van der Waals surface area contributed by atoms with Crippen LogP contribution in [0.25, 0.3) is 6.08 Å². The summed E-state index contributed by atoms with van der Waals surface area (Å²) in [5, 5.41) is 0. The highest BCUT2D eigenvalue weighted by molar-refractivity contribution is 5.79. The zero-order chi connectivity index (χ0) is 15.0. The first-order chi connectivity index (χ1) is 9.58. The second-order valence-electron chi connectivity index (χ2n) is 5.24. The molecule has 1 rings (SSSR count). The van der Waals surface area contributed by atoms with Crippen molar-refractivity contribution in [2.45, 2.75) is 19.3 Å². The van der Waals surface area contributed by atoms with Gasteiger partial charge in [-0.1, -0.05) is 36.9 Å². The molecular weight excluding hydrogens is 246 g/mol. The fourth-order valence-electron chi connectivity index (χ4n) is 2.31. The molecule has 0 aliphatic carbocycles.